The summed E-state index contributed by atoms with van der Waals surface area (Å²) in [4.78, 5) is 4.36. The van der Waals surface area contributed by atoms with E-state index in [2.05, 4.69) is 43.2 Å². The molecule has 0 spiro atoms. The number of rotatable bonds is 7. The highest BCUT2D eigenvalue weighted by molar-refractivity contribution is 4.92. The van der Waals surface area contributed by atoms with Gasteiger partial charge in [-0.1, -0.05) is 32.9 Å². The number of ether oxygens (including phenoxy) is 1. The van der Waals surface area contributed by atoms with E-state index >= 15 is 0 Å². The Balaban J connectivity index is 2.64. The van der Waals surface area contributed by atoms with Gasteiger partial charge in [-0.3, -0.25) is 0 Å². The molecule has 1 aromatic heterocycles. The maximum atomic E-state index is 5.62. The summed E-state index contributed by atoms with van der Waals surface area (Å²) in [5.41, 5.74) is 0. The first-order valence-corrected chi connectivity index (χ1v) is 6.22. The standard InChI is InChI=1S/C12H23N3O2/c1-6-16-11(8(2)3)12-14-10(17-15-12)7-13-9(4)5/h8-9,11,13H,6-7H2,1-5H3. The molecule has 1 unspecified atom stereocenters. The molecule has 5 nitrogen and oxygen atoms in total. The Kier molecular flexibility index (Phi) is 5.58. The van der Waals surface area contributed by atoms with Gasteiger partial charge in [-0.25, -0.2) is 0 Å². The van der Waals surface area contributed by atoms with Crippen molar-refractivity contribution in [3.63, 3.8) is 0 Å². The van der Waals surface area contributed by atoms with Gasteiger partial charge in [-0.15, -0.1) is 0 Å². The average molecular weight is 241 g/mol. The highest BCUT2D eigenvalue weighted by Gasteiger charge is 2.21. The summed E-state index contributed by atoms with van der Waals surface area (Å²) in [5, 5.41) is 7.22. The fraction of sp³-hybridized carbons (Fsp3) is 0.833. The molecule has 1 atom stereocenters. The van der Waals surface area contributed by atoms with Crippen molar-refractivity contribution >= 4 is 0 Å². The van der Waals surface area contributed by atoms with E-state index in [1.165, 1.54) is 0 Å². The van der Waals surface area contributed by atoms with Crippen LogP contribution in [0.3, 0.4) is 0 Å². The second kappa shape index (κ2) is 6.71. The molecule has 0 saturated heterocycles. The zero-order chi connectivity index (χ0) is 12.8. The van der Waals surface area contributed by atoms with E-state index in [1.54, 1.807) is 0 Å². The number of aromatic nitrogens is 2. The Morgan fingerprint density at radius 3 is 2.53 bits per heavy atom. The largest absolute Gasteiger partial charge is 0.370 e. The van der Waals surface area contributed by atoms with Crippen LogP contribution in [-0.4, -0.2) is 22.8 Å². The molecule has 0 aliphatic heterocycles. The van der Waals surface area contributed by atoms with Gasteiger partial charge in [-0.05, 0) is 12.8 Å². The Morgan fingerprint density at radius 1 is 1.29 bits per heavy atom. The van der Waals surface area contributed by atoms with E-state index in [9.17, 15) is 0 Å². The fourth-order valence-corrected chi connectivity index (χ4v) is 1.49. The quantitative estimate of drug-likeness (QED) is 0.793. The second-order valence-corrected chi connectivity index (χ2v) is 4.70. The molecule has 1 rings (SSSR count). The molecule has 17 heavy (non-hydrogen) atoms. The summed E-state index contributed by atoms with van der Waals surface area (Å²) >= 11 is 0. The third-order valence-corrected chi connectivity index (χ3v) is 2.35. The minimum atomic E-state index is -0.0865. The van der Waals surface area contributed by atoms with Gasteiger partial charge in [0.15, 0.2) is 0 Å². The number of nitrogens with one attached hydrogen (secondary N) is 1. The molecule has 1 aromatic rings. The fourth-order valence-electron chi connectivity index (χ4n) is 1.49. The Bertz CT molecular complexity index is 323. The lowest BCUT2D eigenvalue weighted by atomic mass is 10.1. The van der Waals surface area contributed by atoms with Crippen molar-refractivity contribution in [3.8, 4) is 0 Å². The average Bonchev–Trinajstić information content (AvgIpc) is 2.71. The van der Waals surface area contributed by atoms with Crippen LogP contribution in [0.2, 0.25) is 0 Å². The van der Waals surface area contributed by atoms with Gasteiger partial charge in [0.2, 0.25) is 11.7 Å². The van der Waals surface area contributed by atoms with Crippen molar-refractivity contribution in [1.29, 1.82) is 0 Å². The first-order chi connectivity index (χ1) is 8.04. The minimum Gasteiger partial charge on any atom is -0.370 e. The molecule has 0 aromatic carbocycles. The summed E-state index contributed by atoms with van der Waals surface area (Å²) in [6.07, 6.45) is -0.0865. The van der Waals surface area contributed by atoms with Gasteiger partial charge in [0, 0.05) is 12.6 Å². The lowest BCUT2D eigenvalue weighted by Gasteiger charge is -2.16. The molecule has 0 bridgehead atoms. The summed E-state index contributed by atoms with van der Waals surface area (Å²) in [6.45, 7) is 11.5. The zero-order valence-corrected chi connectivity index (χ0v) is 11.4. The van der Waals surface area contributed by atoms with Gasteiger partial charge in [0.25, 0.3) is 0 Å². The Hall–Kier alpha value is -0.940. The summed E-state index contributed by atoms with van der Waals surface area (Å²) < 4.78 is 10.8. The van der Waals surface area contributed by atoms with Gasteiger partial charge in [0.05, 0.1) is 6.54 Å². The summed E-state index contributed by atoms with van der Waals surface area (Å²) in [5.74, 6) is 1.58. The molecule has 1 heterocycles. The molecule has 98 valence electrons. The molecular weight excluding hydrogens is 218 g/mol. The van der Waals surface area contributed by atoms with Crippen LogP contribution in [0.1, 0.15) is 52.4 Å². The minimum absolute atomic E-state index is 0.0865. The first-order valence-electron chi connectivity index (χ1n) is 6.22. The SMILES string of the molecule is CCOC(c1noc(CNC(C)C)n1)C(C)C. The first kappa shape index (κ1) is 14.1. The van der Waals surface area contributed by atoms with E-state index in [-0.39, 0.29) is 6.10 Å². The normalized spacial score (nSPS) is 13.6. The predicted molar refractivity (Wildman–Crippen MR) is 65.5 cm³/mol. The van der Waals surface area contributed by atoms with E-state index in [0.29, 0.717) is 36.8 Å². The monoisotopic (exact) mass is 241 g/mol. The lowest BCUT2D eigenvalue weighted by molar-refractivity contribution is 0.0217. The summed E-state index contributed by atoms with van der Waals surface area (Å²) in [6, 6.07) is 0.401. The third-order valence-electron chi connectivity index (χ3n) is 2.35. The number of hydrogen-bond donors (Lipinski definition) is 1. The van der Waals surface area contributed by atoms with E-state index in [1.807, 2.05) is 6.92 Å². The smallest absolute Gasteiger partial charge is 0.240 e. The molecule has 0 aliphatic carbocycles. The van der Waals surface area contributed by atoms with Crippen LogP contribution in [0.25, 0.3) is 0 Å². The highest BCUT2D eigenvalue weighted by Crippen LogP contribution is 2.23. The maximum absolute atomic E-state index is 5.62. The zero-order valence-electron chi connectivity index (χ0n) is 11.4. The van der Waals surface area contributed by atoms with Gasteiger partial charge < -0.3 is 14.6 Å². The molecule has 0 radical (unpaired) electrons. The molecule has 0 fully saturated rings. The molecule has 0 saturated carbocycles. The molecule has 5 heteroatoms. The van der Waals surface area contributed by atoms with Crippen LogP contribution in [0.4, 0.5) is 0 Å². The predicted octanol–water partition coefficient (Wildman–Crippen LogP) is 2.30. The van der Waals surface area contributed by atoms with Crippen molar-refractivity contribution in [2.75, 3.05) is 6.61 Å². The number of nitrogens with zero attached hydrogens (tertiary/aromatic N) is 2. The van der Waals surface area contributed by atoms with Crippen LogP contribution in [-0.2, 0) is 11.3 Å². The van der Waals surface area contributed by atoms with Crippen LogP contribution in [0, 0.1) is 5.92 Å². The van der Waals surface area contributed by atoms with Crippen molar-refractivity contribution in [3.05, 3.63) is 11.7 Å². The molecule has 0 amide bonds. The van der Waals surface area contributed by atoms with Gasteiger partial charge in [0.1, 0.15) is 6.10 Å². The van der Waals surface area contributed by atoms with Gasteiger partial charge >= 0.3 is 0 Å². The van der Waals surface area contributed by atoms with Crippen LogP contribution in [0.15, 0.2) is 4.52 Å². The topological polar surface area (TPSA) is 60.2 Å². The van der Waals surface area contributed by atoms with Gasteiger partial charge in [-0.2, -0.15) is 4.98 Å². The number of hydrogen-bond acceptors (Lipinski definition) is 5. The lowest BCUT2D eigenvalue weighted by Crippen LogP contribution is -2.22. The summed E-state index contributed by atoms with van der Waals surface area (Å²) in [7, 11) is 0. The Labute approximate surface area is 103 Å². The molecule has 1 N–H and O–H groups in total. The van der Waals surface area contributed by atoms with E-state index in [4.69, 9.17) is 9.26 Å². The molecular formula is C12H23N3O2. The molecule has 0 aliphatic rings. The Morgan fingerprint density at radius 2 is 2.00 bits per heavy atom. The van der Waals surface area contributed by atoms with Crippen molar-refractivity contribution in [2.45, 2.75) is 53.3 Å². The van der Waals surface area contributed by atoms with E-state index in [0.717, 1.165) is 0 Å². The van der Waals surface area contributed by atoms with Crippen molar-refractivity contribution < 1.29 is 9.26 Å². The second-order valence-electron chi connectivity index (χ2n) is 4.70. The maximum Gasteiger partial charge on any atom is 0.240 e. The third kappa shape index (κ3) is 4.44. The highest BCUT2D eigenvalue weighted by atomic mass is 16.5. The van der Waals surface area contributed by atoms with Crippen molar-refractivity contribution in [2.24, 2.45) is 5.92 Å². The van der Waals surface area contributed by atoms with E-state index < -0.39 is 0 Å². The van der Waals surface area contributed by atoms with Crippen molar-refractivity contribution in [1.82, 2.24) is 15.5 Å². The van der Waals surface area contributed by atoms with Crippen LogP contribution < -0.4 is 5.32 Å². The van der Waals surface area contributed by atoms with Crippen LogP contribution in [0.5, 0.6) is 0 Å². The van der Waals surface area contributed by atoms with Crippen LogP contribution >= 0.6 is 0 Å².